The molecule has 2 atom stereocenters. The first-order valence-electron chi connectivity index (χ1n) is 5.67. The van der Waals surface area contributed by atoms with Gasteiger partial charge in [-0.2, -0.15) is 0 Å². The number of carbonyl (C=O) groups is 2. The van der Waals surface area contributed by atoms with Gasteiger partial charge in [0.15, 0.2) is 0 Å². The van der Waals surface area contributed by atoms with Crippen LogP contribution in [0.15, 0.2) is 0 Å². The third-order valence-corrected chi connectivity index (χ3v) is 3.38. The Bertz CT molecular complexity index is 269. The highest BCUT2D eigenvalue weighted by Crippen LogP contribution is 2.24. The molecule has 0 aromatic heterocycles. The van der Waals surface area contributed by atoms with E-state index in [0.717, 1.165) is 25.7 Å². The highest BCUT2D eigenvalue weighted by Gasteiger charge is 2.35. The Balaban J connectivity index is 1.80. The van der Waals surface area contributed by atoms with Gasteiger partial charge in [-0.25, -0.2) is 0 Å². The topological polar surface area (TPSA) is 66.4 Å². The Labute approximate surface area is 89.0 Å². The molecule has 2 aliphatic rings. The number of nitrogens with one attached hydrogen (secondary N) is 1. The van der Waals surface area contributed by atoms with E-state index in [0.29, 0.717) is 12.8 Å². The molecule has 0 bridgehead atoms. The molecule has 2 unspecified atom stereocenters. The quantitative estimate of drug-likeness (QED) is 0.694. The van der Waals surface area contributed by atoms with Gasteiger partial charge in [-0.3, -0.25) is 9.59 Å². The second-order valence-corrected chi connectivity index (χ2v) is 4.61. The Morgan fingerprint density at radius 3 is 2.53 bits per heavy atom. The minimum atomic E-state index is -0.404. The lowest BCUT2D eigenvalue weighted by Gasteiger charge is -2.31. The summed E-state index contributed by atoms with van der Waals surface area (Å²) in [5, 5.41) is 12.5. The van der Waals surface area contributed by atoms with Gasteiger partial charge in [-0.15, -0.1) is 0 Å². The standard InChI is InChI=1S/C11H17NO3/c13-8-5-7(6-8)11(15)12-9-3-1-2-4-10(9)14/h7,9-10,14H,1-6H2,(H,12,15). The van der Waals surface area contributed by atoms with E-state index >= 15 is 0 Å². The zero-order valence-corrected chi connectivity index (χ0v) is 8.74. The zero-order valence-electron chi connectivity index (χ0n) is 8.74. The second-order valence-electron chi connectivity index (χ2n) is 4.61. The molecule has 0 aromatic rings. The molecule has 4 heteroatoms. The van der Waals surface area contributed by atoms with Crippen LogP contribution in [0.4, 0.5) is 0 Å². The third kappa shape index (κ3) is 2.37. The molecule has 15 heavy (non-hydrogen) atoms. The van der Waals surface area contributed by atoms with E-state index in [-0.39, 0.29) is 23.7 Å². The van der Waals surface area contributed by atoms with Crippen LogP contribution in [0.5, 0.6) is 0 Å². The van der Waals surface area contributed by atoms with Crippen molar-refractivity contribution in [2.75, 3.05) is 0 Å². The molecule has 0 radical (unpaired) electrons. The molecule has 2 aliphatic carbocycles. The van der Waals surface area contributed by atoms with Crippen molar-refractivity contribution < 1.29 is 14.7 Å². The van der Waals surface area contributed by atoms with Crippen molar-refractivity contribution in [3.63, 3.8) is 0 Å². The predicted molar refractivity (Wildman–Crippen MR) is 54.1 cm³/mol. The van der Waals surface area contributed by atoms with Crippen LogP contribution in [-0.4, -0.2) is 28.9 Å². The SMILES string of the molecule is O=C1CC(C(=O)NC2CCCCC2O)C1. The highest BCUT2D eigenvalue weighted by molar-refractivity contribution is 5.96. The van der Waals surface area contributed by atoms with E-state index in [4.69, 9.17) is 0 Å². The van der Waals surface area contributed by atoms with Gasteiger partial charge in [0.2, 0.25) is 5.91 Å². The summed E-state index contributed by atoms with van der Waals surface area (Å²) in [5.74, 6) is -0.0217. The first kappa shape index (κ1) is 10.6. The van der Waals surface area contributed by atoms with Gasteiger partial charge < -0.3 is 10.4 Å². The molecule has 4 nitrogen and oxygen atoms in total. The van der Waals surface area contributed by atoms with Gasteiger partial charge in [0, 0.05) is 12.8 Å². The summed E-state index contributed by atoms with van der Waals surface area (Å²) in [6, 6.07) is -0.0954. The van der Waals surface area contributed by atoms with E-state index in [1.807, 2.05) is 0 Å². The van der Waals surface area contributed by atoms with Crippen LogP contribution in [-0.2, 0) is 9.59 Å². The molecule has 2 rings (SSSR count). The zero-order chi connectivity index (χ0) is 10.8. The number of aliphatic hydroxyl groups excluding tert-OH is 1. The normalized spacial score (nSPS) is 32.2. The highest BCUT2D eigenvalue weighted by atomic mass is 16.3. The Kier molecular flexibility index (Phi) is 3.05. The van der Waals surface area contributed by atoms with Crippen LogP contribution in [0.3, 0.4) is 0 Å². The summed E-state index contributed by atoms with van der Waals surface area (Å²) >= 11 is 0. The fraction of sp³-hybridized carbons (Fsp3) is 0.818. The summed E-state index contributed by atoms with van der Waals surface area (Å²) < 4.78 is 0. The molecule has 0 aromatic carbocycles. The lowest BCUT2D eigenvalue weighted by atomic mass is 9.82. The van der Waals surface area contributed by atoms with Crippen LogP contribution in [0, 0.1) is 5.92 Å². The molecular formula is C11H17NO3. The van der Waals surface area contributed by atoms with E-state index in [9.17, 15) is 14.7 Å². The van der Waals surface area contributed by atoms with Crippen LogP contribution >= 0.6 is 0 Å². The summed E-state index contributed by atoms with van der Waals surface area (Å²) in [7, 11) is 0. The van der Waals surface area contributed by atoms with Crippen molar-refractivity contribution in [3.05, 3.63) is 0 Å². The third-order valence-electron chi connectivity index (χ3n) is 3.38. The maximum Gasteiger partial charge on any atom is 0.224 e. The van der Waals surface area contributed by atoms with Crippen molar-refractivity contribution in [2.45, 2.75) is 50.7 Å². The van der Waals surface area contributed by atoms with Crippen molar-refractivity contribution >= 4 is 11.7 Å². The van der Waals surface area contributed by atoms with E-state index in [1.54, 1.807) is 0 Å². The molecule has 84 valence electrons. The van der Waals surface area contributed by atoms with Crippen molar-refractivity contribution in [1.82, 2.24) is 5.32 Å². The molecule has 0 spiro atoms. The number of hydrogen-bond donors (Lipinski definition) is 2. The fourth-order valence-electron chi connectivity index (χ4n) is 2.26. The summed E-state index contributed by atoms with van der Waals surface area (Å²) in [4.78, 5) is 22.4. The number of Topliss-reactive ketones (excluding diaryl/α,β-unsaturated/α-hetero) is 1. The van der Waals surface area contributed by atoms with Crippen molar-refractivity contribution in [2.24, 2.45) is 5.92 Å². The molecule has 1 amide bonds. The average Bonchev–Trinajstić information content (AvgIpc) is 2.17. The lowest BCUT2D eigenvalue weighted by Crippen LogP contribution is -2.49. The van der Waals surface area contributed by atoms with Gasteiger partial charge in [0.05, 0.1) is 18.1 Å². The number of ketones is 1. The van der Waals surface area contributed by atoms with Crippen LogP contribution in [0.25, 0.3) is 0 Å². The number of hydrogen-bond acceptors (Lipinski definition) is 3. The van der Waals surface area contributed by atoms with Gasteiger partial charge in [0.1, 0.15) is 5.78 Å². The maximum absolute atomic E-state index is 11.6. The monoisotopic (exact) mass is 211 g/mol. The Hall–Kier alpha value is -0.900. The lowest BCUT2D eigenvalue weighted by molar-refractivity contribution is -0.139. The van der Waals surface area contributed by atoms with Gasteiger partial charge in [-0.1, -0.05) is 12.8 Å². The smallest absolute Gasteiger partial charge is 0.224 e. The molecule has 0 saturated heterocycles. The molecular weight excluding hydrogens is 194 g/mol. The number of carbonyl (C=O) groups excluding carboxylic acids is 2. The molecule has 2 fully saturated rings. The minimum Gasteiger partial charge on any atom is -0.391 e. The average molecular weight is 211 g/mol. The largest absolute Gasteiger partial charge is 0.391 e. The van der Waals surface area contributed by atoms with Crippen molar-refractivity contribution in [1.29, 1.82) is 0 Å². The van der Waals surface area contributed by atoms with Crippen LogP contribution in [0.1, 0.15) is 38.5 Å². The predicted octanol–water partition coefficient (Wildman–Crippen LogP) is 0.385. The molecule has 0 heterocycles. The summed E-state index contributed by atoms with van der Waals surface area (Å²) in [6.07, 6.45) is 4.09. The summed E-state index contributed by atoms with van der Waals surface area (Å²) in [5.41, 5.74) is 0. The number of aliphatic hydroxyl groups is 1. The molecule has 2 saturated carbocycles. The number of amides is 1. The Morgan fingerprint density at radius 1 is 1.27 bits per heavy atom. The first-order valence-corrected chi connectivity index (χ1v) is 5.67. The second kappa shape index (κ2) is 4.31. The van der Waals surface area contributed by atoms with E-state index < -0.39 is 6.10 Å². The minimum absolute atomic E-state index is 0.0550. The van der Waals surface area contributed by atoms with E-state index in [2.05, 4.69) is 5.32 Å². The fourth-order valence-corrected chi connectivity index (χ4v) is 2.26. The number of rotatable bonds is 2. The first-order chi connectivity index (χ1) is 7.16. The van der Waals surface area contributed by atoms with Gasteiger partial charge >= 0.3 is 0 Å². The summed E-state index contributed by atoms with van der Waals surface area (Å²) in [6.45, 7) is 0. The van der Waals surface area contributed by atoms with Crippen molar-refractivity contribution in [3.8, 4) is 0 Å². The van der Waals surface area contributed by atoms with Crippen LogP contribution in [0.2, 0.25) is 0 Å². The molecule has 0 aliphatic heterocycles. The molecule has 2 N–H and O–H groups in total. The maximum atomic E-state index is 11.6. The van der Waals surface area contributed by atoms with E-state index in [1.165, 1.54) is 0 Å². The van der Waals surface area contributed by atoms with Gasteiger partial charge in [0.25, 0.3) is 0 Å². The van der Waals surface area contributed by atoms with Crippen LogP contribution < -0.4 is 5.32 Å². The van der Waals surface area contributed by atoms with Gasteiger partial charge in [-0.05, 0) is 12.8 Å². The Morgan fingerprint density at radius 2 is 1.93 bits per heavy atom.